The van der Waals surface area contributed by atoms with Crippen molar-refractivity contribution in [2.75, 3.05) is 11.5 Å². The predicted molar refractivity (Wildman–Crippen MR) is 67.0 cm³/mol. The summed E-state index contributed by atoms with van der Waals surface area (Å²) in [5.41, 5.74) is 13.7. The number of hydrogen-bond donors (Lipinski definition) is 2. The zero-order valence-corrected chi connectivity index (χ0v) is 9.22. The molecule has 0 saturated carbocycles. The summed E-state index contributed by atoms with van der Waals surface area (Å²) in [6.07, 6.45) is 0. The van der Waals surface area contributed by atoms with Crippen LogP contribution in [0.25, 0.3) is 0 Å². The Balaban J connectivity index is 2.38. The van der Waals surface area contributed by atoms with E-state index in [1.54, 1.807) is 6.07 Å². The lowest BCUT2D eigenvalue weighted by molar-refractivity contribution is 0.918. The zero-order chi connectivity index (χ0) is 11.5. The average molecular weight is 213 g/mol. The second kappa shape index (κ2) is 4.23. The summed E-state index contributed by atoms with van der Waals surface area (Å²) in [6, 6.07) is 13.9. The lowest BCUT2D eigenvalue weighted by atomic mass is 9.94. The lowest BCUT2D eigenvalue weighted by Crippen LogP contribution is -2.04. The molecule has 0 amide bonds. The fraction of sp³-hybridized carbons (Fsp3) is 0.154. The van der Waals surface area contributed by atoms with Crippen LogP contribution < -0.4 is 11.5 Å². The molecule has 82 valence electrons. The van der Waals surface area contributed by atoms with Crippen LogP contribution in [0.4, 0.5) is 11.6 Å². The smallest absolute Gasteiger partial charge is 0.129 e. The Hall–Kier alpha value is -2.03. The van der Waals surface area contributed by atoms with Crippen molar-refractivity contribution in [3.05, 3.63) is 53.6 Å². The SMILES string of the molecule is CC(c1ccccc1)c1ccc(N)nc1N. The fourth-order valence-electron chi connectivity index (χ4n) is 1.79. The van der Waals surface area contributed by atoms with E-state index < -0.39 is 0 Å². The maximum atomic E-state index is 5.87. The van der Waals surface area contributed by atoms with Crippen LogP contribution in [0, 0.1) is 0 Å². The summed E-state index contributed by atoms with van der Waals surface area (Å²) in [4.78, 5) is 4.08. The van der Waals surface area contributed by atoms with Crippen molar-refractivity contribution >= 4 is 11.6 Å². The van der Waals surface area contributed by atoms with Crippen LogP contribution in [0.5, 0.6) is 0 Å². The number of nitrogens with two attached hydrogens (primary N) is 2. The third kappa shape index (κ3) is 1.98. The second-order valence-corrected chi connectivity index (χ2v) is 3.84. The molecular weight excluding hydrogens is 198 g/mol. The first kappa shape index (κ1) is 10.5. The predicted octanol–water partition coefficient (Wildman–Crippen LogP) is 2.40. The molecule has 3 heteroatoms. The van der Waals surface area contributed by atoms with Gasteiger partial charge in [-0.15, -0.1) is 0 Å². The monoisotopic (exact) mass is 213 g/mol. The summed E-state index contributed by atoms with van der Waals surface area (Å²) in [5, 5.41) is 0. The first-order valence-electron chi connectivity index (χ1n) is 5.25. The molecule has 0 fully saturated rings. The number of rotatable bonds is 2. The van der Waals surface area contributed by atoms with Gasteiger partial charge in [-0.2, -0.15) is 0 Å². The third-order valence-corrected chi connectivity index (χ3v) is 2.75. The Kier molecular flexibility index (Phi) is 2.77. The standard InChI is InChI=1S/C13H15N3/c1-9(10-5-3-2-4-6-10)11-7-8-12(14)16-13(11)15/h2-9H,1H3,(H4,14,15,16). The highest BCUT2D eigenvalue weighted by Gasteiger charge is 2.11. The maximum Gasteiger partial charge on any atom is 0.129 e. The highest BCUT2D eigenvalue weighted by atomic mass is 14.9. The molecule has 1 heterocycles. The molecule has 0 saturated heterocycles. The highest BCUT2D eigenvalue weighted by molar-refractivity contribution is 5.50. The largest absolute Gasteiger partial charge is 0.384 e. The van der Waals surface area contributed by atoms with Gasteiger partial charge in [0, 0.05) is 11.5 Å². The lowest BCUT2D eigenvalue weighted by Gasteiger charge is -2.14. The van der Waals surface area contributed by atoms with Gasteiger partial charge >= 0.3 is 0 Å². The van der Waals surface area contributed by atoms with Crippen LogP contribution >= 0.6 is 0 Å². The molecule has 1 unspecified atom stereocenters. The van der Waals surface area contributed by atoms with Crippen molar-refractivity contribution in [3.8, 4) is 0 Å². The molecule has 0 spiro atoms. The van der Waals surface area contributed by atoms with Gasteiger partial charge in [-0.3, -0.25) is 0 Å². The van der Waals surface area contributed by atoms with Crippen LogP contribution in [-0.4, -0.2) is 4.98 Å². The zero-order valence-electron chi connectivity index (χ0n) is 9.22. The third-order valence-electron chi connectivity index (χ3n) is 2.75. The Bertz CT molecular complexity index is 480. The Morgan fingerprint density at radius 1 is 1.00 bits per heavy atom. The molecule has 0 aliphatic heterocycles. The van der Waals surface area contributed by atoms with Gasteiger partial charge in [0.15, 0.2) is 0 Å². The summed E-state index contributed by atoms with van der Waals surface area (Å²) in [6.45, 7) is 2.11. The number of benzene rings is 1. The molecule has 2 aromatic rings. The van der Waals surface area contributed by atoms with Crippen LogP contribution in [0.2, 0.25) is 0 Å². The molecule has 1 aromatic heterocycles. The molecule has 0 aliphatic rings. The summed E-state index contributed by atoms with van der Waals surface area (Å²) in [5.74, 6) is 1.20. The number of aromatic nitrogens is 1. The molecule has 0 radical (unpaired) electrons. The minimum absolute atomic E-state index is 0.231. The van der Waals surface area contributed by atoms with E-state index in [-0.39, 0.29) is 5.92 Å². The van der Waals surface area contributed by atoms with Crippen molar-refractivity contribution in [2.45, 2.75) is 12.8 Å². The molecule has 3 nitrogen and oxygen atoms in total. The summed E-state index contributed by atoms with van der Waals surface area (Å²) >= 11 is 0. The van der Waals surface area contributed by atoms with E-state index >= 15 is 0 Å². The number of nitrogens with zero attached hydrogens (tertiary/aromatic N) is 1. The number of pyridine rings is 1. The van der Waals surface area contributed by atoms with Gasteiger partial charge in [0.05, 0.1) is 0 Å². The van der Waals surface area contributed by atoms with E-state index in [0.717, 1.165) is 5.56 Å². The van der Waals surface area contributed by atoms with Gasteiger partial charge in [0.25, 0.3) is 0 Å². The van der Waals surface area contributed by atoms with E-state index in [2.05, 4.69) is 24.0 Å². The summed E-state index contributed by atoms with van der Waals surface area (Å²) in [7, 11) is 0. The van der Waals surface area contributed by atoms with Crippen LogP contribution in [0.3, 0.4) is 0 Å². The first-order valence-corrected chi connectivity index (χ1v) is 5.25. The number of hydrogen-bond acceptors (Lipinski definition) is 3. The highest BCUT2D eigenvalue weighted by Crippen LogP contribution is 2.27. The molecule has 4 N–H and O–H groups in total. The second-order valence-electron chi connectivity index (χ2n) is 3.84. The van der Waals surface area contributed by atoms with Gasteiger partial charge in [-0.05, 0) is 11.6 Å². The Labute approximate surface area is 95.1 Å². The molecule has 0 bridgehead atoms. The topological polar surface area (TPSA) is 64.9 Å². The molecule has 1 aromatic carbocycles. The van der Waals surface area contributed by atoms with Crippen molar-refractivity contribution in [1.82, 2.24) is 4.98 Å². The van der Waals surface area contributed by atoms with Crippen LogP contribution in [-0.2, 0) is 0 Å². The number of nitrogen functional groups attached to an aromatic ring is 2. The Morgan fingerprint density at radius 2 is 1.69 bits per heavy atom. The minimum Gasteiger partial charge on any atom is -0.384 e. The fourth-order valence-corrected chi connectivity index (χ4v) is 1.79. The van der Waals surface area contributed by atoms with Crippen molar-refractivity contribution in [3.63, 3.8) is 0 Å². The molecule has 1 atom stereocenters. The molecular formula is C13H15N3. The van der Waals surface area contributed by atoms with E-state index in [4.69, 9.17) is 11.5 Å². The van der Waals surface area contributed by atoms with Gasteiger partial charge < -0.3 is 11.5 Å². The van der Waals surface area contributed by atoms with Crippen molar-refractivity contribution < 1.29 is 0 Å². The quantitative estimate of drug-likeness (QED) is 0.805. The maximum absolute atomic E-state index is 5.87. The number of anilines is 2. The molecule has 16 heavy (non-hydrogen) atoms. The van der Waals surface area contributed by atoms with Gasteiger partial charge in [0.2, 0.25) is 0 Å². The Morgan fingerprint density at radius 3 is 2.31 bits per heavy atom. The summed E-state index contributed by atoms with van der Waals surface area (Å²) < 4.78 is 0. The average Bonchev–Trinajstić information content (AvgIpc) is 2.29. The van der Waals surface area contributed by atoms with Gasteiger partial charge in [0.1, 0.15) is 11.6 Å². The van der Waals surface area contributed by atoms with Gasteiger partial charge in [-0.25, -0.2) is 4.98 Å². The van der Waals surface area contributed by atoms with E-state index in [1.807, 2.05) is 24.3 Å². The van der Waals surface area contributed by atoms with Crippen LogP contribution in [0.1, 0.15) is 24.0 Å². The van der Waals surface area contributed by atoms with Gasteiger partial charge in [-0.1, -0.05) is 43.3 Å². The normalized spacial score (nSPS) is 12.3. The van der Waals surface area contributed by atoms with Crippen molar-refractivity contribution in [1.29, 1.82) is 0 Å². The molecule has 0 aliphatic carbocycles. The van der Waals surface area contributed by atoms with E-state index in [1.165, 1.54) is 5.56 Å². The van der Waals surface area contributed by atoms with E-state index in [9.17, 15) is 0 Å². The van der Waals surface area contributed by atoms with Crippen molar-refractivity contribution in [2.24, 2.45) is 0 Å². The van der Waals surface area contributed by atoms with Crippen LogP contribution in [0.15, 0.2) is 42.5 Å². The molecule has 2 rings (SSSR count). The van der Waals surface area contributed by atoms with E-state index in [0.29, 0.717) is 11.6 Å². The first-order chi connectivity index (χ1) is 7.68. The minimum atomic E-state index is 0.231.